The third-order valence-corrected chi connectivity index (χ3v) is 5.31. The first-order valence-corrected chi connectivity index (χ1v) is 10.5. The number of rotatable bonds is 5. The van der Waals surface area contributed by atoms with Crippen LogP contribution in [0, 0.1) is 6.92 Å². The van der Waals surface area contributed by atoms with Gasteiger partial charge >= 0.3 is 0 Å². The third kappa shape index (κ3) is 3.83. The summed E-state index contributed by atoms with van der Waals surface area (Å²) in [7, 11) is 0. The highest BCUT2D eigenvalue weighted by Gasteiger charge is 2.17. The minimum atomic E-state index is -0.232. The Morgan fingerprint density at radius 2 is 1.81 bits per heavy atom. The number of benzene rings is 3. The van der Waals surface area contributed by atoms with Gasteiger partial charge in [-0.1, -0.05) is 29.8 Å². The second kappa shape index (κ2) is 8.23. The number of aryl methyl sites for hydroxylation is 1. The highest BCUT2D eigenvalue weighted by molar-refractivity contribution is 6.06. The largest absolute Gasteiger partial charge is 0.493 e. The van der Waals surface area contributed by atoms with Crippen molar-refractivity contribution in [2.24, 2.45) is 0 Å². The fraction of sp³-hybridized carbons (Fsp3) is 0.154. The van der Waals surface area contributed by atoms with E-state index in [0.717, 1.165) is 27.9 Å². The molecule has 32 heavy (non-hydrogen) atoms. The van der Waals surface area contributed by atoms with Gasteiger partial charge < -0.3 is 19.5 Å². The van der Waals surface area contributed by atoms with Crippen LogP contribution in [0.3, 0.4) is 0 Å². The van der Waals surface area contributed by atoms with Crippen molar-refractivity contribution in [3.05, 3.63) is 77.9 Å². The molecule has 0 unspecified atom stereocenters. The van der Waals surface area contributed by atoms with Gasteiger partial charge in [-0.05, 0) is 50.2 Å². The number of hydrogen-bond donors (Lipinski definition) is 1. The molecule has 1 amide bonds. The van der Waals surface area contributed by atoms with Crippen molar-refractivity contribution < 1.29 is 19.0 Å². The van der Waals surface area contributed by atoms with E-state index in [2.05, 4.69) is 36.5 Å². The summed E-state index contributed by atoms with van der Waals surface area (Å²) < 4.78 is 16.6. The Hall–Kier alpha value is -4.06. The zero-order valence-corrected chi connectivity index (χ0v) is 17.8. The summed E-state index contributed by atoms with van der Waals surface area (Å²) in [6, 6.07) is 20.9. The van der Waals surface area contributed by atoms with Crippen molar-refractivity contribution in [2.45, 2.75) is 13.8 Å². The minimum Gasteiger partial charge on any atom is -0.493 e. The lowest BCUT2D eigenvalue weighted by atomic mass is 10.1. The molecule has 0 spiro atoms. The molecule has 0 radical (unpaired) electrons. The van der Waals surface area contributed by atoms with E-state index >= 15 is 0 Å². The predicted molar refractivity (Wildman–Crippen MR) is 124 cm³/mol. The summed E-state index contributed by atoms with van der Waals surface area (Å²) in [5, 5.41) is 3.78. The normalized spacial score (nSPS) is 12.1. The van der Waals surface area contributed by atoms with Crippen LogP contribution in [0.15, 0.2) is 66.7 Å². The van der Waals surface area contributed by atoms with Crippen LogP contribution in [-0.4, -0.2) is 24.3 Å². The van der Waals surface area contributed by atoms with E-state index in [9.17, 15) is 4.79 Å². The first-order valence-electron chi connectivity index (χ1n) is 10.5. The van der Waals surface area contributed by atoms with E-state index in [-0.39, 0.29) is 12.7 Å². The van der Waals surface area contributed by atoms with Crippen LogP contribution in [0.25, 0.3) is 22.2 Å². The van der Waals surface area contributed by atoms with Crippen molar-refractivity contribution in [1.82, 2.24) is 4.98 Å². The van der Waals surface area contributed by atoms with Crippen molar-refractivity contribution in [3.8, 4) is 28.5 Å². The topological polar surface area (TPSA) is 69.7 Å². The molecule has 6 nitrogen and oxygen atoms in total. The van der Waals surface area contributed by atoms with Gasteiger partial charge in [-0.25, -0.2) is 4.98 Å². The van der Waals surface area contributed by atoms with Gasteiger partial charge in [0.05, 0.1) is 17.8 Å². The average Bonchev–Trinajstić information content (AvgIpc) is 3.28. The second-order valence-electron chi connectivity index (χ2n) is 7.56. The number of nitrogens with one attached hydrogen (secondary N) is 1. The summed E-state index contributed by atoms with van der Waals surface area (Å²) in [6.45, 7) is 4.70. The smallest absolute Gasteiger partial charge is 0.255 e. The Balaban J connectivity index is 1.47. The predicted octanol–water partition coefficient (Wildman–Crippen LogP) is 5.59. The summed E-state index contributed by atoms with van der Waals surface area (Å²) in [4.78, 5) is 17.6. The van der Waals surface area contributed by atoms with Gasteiger partial charge in [-0.3, -0.25) is 4.79 Å². The third-order valence-electron chi connectivity index (χ3n) is 5.31. The van der Waals surface area contributed by atoms with E-state index in [1.807, 2.05) is 31.2 Å². The number of ether oxygens (including phenoxy) is 3. The zero-order valence-electron chi connectivity index (χ0n) is 17.8. The number of aromatic nitrogens is 1. The van der Waals surface area contributed by atoms with Crippen molar-refractivity contribution in [3.63, 3.8) is 0 Å². The summed E-state index contributed by atoms with van der Waals surface area (Å²) >= 11 is 0. The summed E-state index contributed by atoms with van der Waals surface area (Å²) in [5.41, 5.74) is 5.02. The molecule has 3 aromatic carbocycles. The maximum absolute atomic E-state index is 12.8. The van der Waals surface area contributed by atoms with E-state index in [1.54, 1.807) is 18.2 Å². The Labute approximate surface area is 185 Å². The molecular weight excluding hydrogens is 404 g/mol. The highest BCUT2D eigenvalue weighted by atomic mass is 16.7. The molecule has 5 rings (SSSR count). The molecule has 0 bridgehead atoms. The molecule has 0 atom stereocenters. The van der Waals surface area contributed by atoms with Crippen molar-refractivity contribution >= 4 is 22.5 Å². The molecule has 2 heterocycles. The molecule has 160 valence electrons. The van der Waals surface area contributed by atoms with Crippen LogP contribution in [0.5, 0.6) is 17.2 Å². The van der Waals surface area contributed by atoms with Gasteiger partial charge in [0.2, 0.25) is 6.79 Å². The van der Waals surface area contributed by atoms with Crippen molar-refractivity contribution in [1.29, 1.82) is 0 Å². The lowest BCUT2D eigenvalue weighted by Gasteiger charge is -2.12. The molecule has 4 aromatic rings. The number of hydrogen-bond acceptors (Lipinski definition) is 5. The van der Waals surface area contributed by atoms with E-state index in [0.29, 0.717) is 29.4 Å². The standard InChI is InChI=1S/C26H22N2O4/c1-3-30-24-14-22(17-6-4-16(2)5-7-17)28-21-10-9-19(13-20(21)24)27-26(29)18-8-11-23-25(12-18)32-15-31-23/h4-14H,3,15H2,1-2H3,(H,27,29). The fourth-order valence-corrected chi connectivity index (χ4v) is 3.66. The van der Waals surface area contributed by atoms with Gasteiger partial charge in [-0.2, -0.15) is 0 Å². The molecular formula is C26H22N2O4. The number of pyridine rings is 1. The van der Waals surface area contributed by atoms with E-state index in [1.165, 1.54) is 5.56 Å². The molecule has 6 heteroatoms. The van der Waals surface area contributed by atoms with Crippen LogP contribution in [-0.2, 0) is 0 Å². The molecule has 1 aliphatic heterocycles. The first-order chi connectivity index (χ1) is 15.6. The molecule has 1 aliphatic rings. The quantitative estimate of drug-likeness (QED) is 0.450. The average molecular weight is 426 g/mol. The van der Waals surface area contributed by atoms with Crippen LogP contribution < -0.4 is 19.5 Å². The molecule has 1 N–H and O–H groups in total. The number of anilines is 1. The Morgan fingerprint density at radius 3 is 2.62 bits per heavy atom. The van der Waals surface area contributed by atoms with Crippen LogP contribution >= 0.6 is 0 Å². The van der Waals surface area contributed by atoms with Gasteiger partial charge in [0.25, 0.3) is 5.91 Å². The lowest BCUT2D eigenvalue weighted by Crippen LogP contribution is -2.11. The number of amides is 1. The molecule has 0 saturated heterocycles. The van der Waals surface area contributed by atoms with Crippen LogP contribution in [0.1, 0.15) is 22.8 Å². The lowest BCUT2D eigenvalue weighted by molar-refractivity contribution is 0.102. The number of carbonyl (C=O) groups is 1. The highest BCUT2D eigenvalue weighted by Crippen LogP contribution is 2.34. The number of nitrogens with zero attached hydrogens (tertiary/aromatic N) is 1. The SMILES string of the molecule is CCOc1cc(-c2ccc(C)cc2)nc2ccc(NC(=O)c3ccc4c(c3)OCO4)cc12. The van der Waals surface area contributed by atoms with Crippen molar-refractivity contribution in [2.75, 3.05) is 18.7 Å². The van der Waals surface area contributed by atoms with Gasteiger partial charge in [0.15, 0.2) is 11.5 Å². The Kier molecular flexibility index (Phi) is 5.11. The van der Waals surface area contributed by atoms with Gasteiger partial charge in [0, 0.05) is 28.3 Å². The molecule has 1 aromatic heterocycles. The molecule has 0 aliphatic carbocycles. The minimum absolute atomic E-state index is 0.170. The maximum Gasteiger partial charge on any atom is 0.255 e. The molecule has 0 fully saturated rings. The Bertz CT molecular complexity index is 1320. The summed E-state index contributed by atoms with van der Waals surface area (Å²) in [6.07, 6.45) is 0. The van der Waals surface area contributed by atoms with Crippen LogP contribution in [0.2, 0.25) is 0 Å². The fourth-order valence-electron chi connectivity index (χ4n) is 3.66. The summed E-state index contributed by atoms with van der Waals surface area (Å²) in [5.74, 6) is 1.71. The molecule has 0 saturated carbocycles. The van der Waals surface area contributed by atoms with Gasteiger partial charge in [0.1, 0.15) is 5.75 Å². The van der Waals surface area contributed by atoms with Crippen LogP contribution in [0.4, 0.5) is 5.69 Å². The van der Waals surface area contributed by atoms with E-state index in [4.69, 9.17) is 19.2 Å². The second-order valence-corrected chi connectivity index (χ2v) is 7.56. The zero-order chi connectivity index (χ0) is 22.1. The van der Waals surface area contributed by atoms with Gasteiger partial charge in [-0.15, -0.1) is 0 Å². The van der Waals surface area contributed by atoms with E-state index < -0.39 is 0 Å². The maximum atomic E-state index is 12.8. The number of fused-ring (bicyclic) bond motifs is 2. The monoisotopic (exact) mass is 426 g/mol. The Morgan fingerprint density at radius 1 is 1.00 bits per heavy atom. The first kappa shape index (κ1) is 19.9. The number of carbonyl (C=O) groups excluding carboxylic acids is 1.